The standard InChI is InChI=1S/C13H18N2O3/c1-8-9-5-6-15(11(16)18-12(2,3)4)13(9)7-14-10(8)17-13/h7,9-10H,1,5-6H2,2-4H3/t9?,10-,13-/m0/s1. The number of hydrogen-bond acceptors (Lipinski definition) is 4. The van der Waals surface area contributed by atoms with Gasteiger partial charge < -0.3 is 9.47 Å². The summed E-state index contributed by atoms with van der Waals surface area (Å²) >= 11 is 0. The van der Waals surface area contributed by atoms with Gasteiger partial charge in [0.15, 0.2) is 12.0 Å². The Morgan fingerprint density at radius 3 is 3.06 bits per heavy atom. The first kappa shape index (κ1) is 11.7. The molecule has 5 nitrogen and oxygen atoms in total. The molecule has 3 atom stereocenters. The van der Waals surface area contributed by atoms with Crippen LogP contribution in [-0.2, 0) is 9.47 Å². The fraction of sp³-hybridized carbons (Fsp3) is 0.692. The molecule has 0 radical (unpaired) electrons. The van der Waals surface area contributed by atoms with Gasteiger partial charge in [-0.25, -0.2) is 4.79 Å². The van der Waals surface area contributed by atoms with E-state index >= 15 is 0 Å². The fourth-order valence-electron chi connectivity index (χ4n) is 2.89. The molecule has 2 fully saturated rings. The maximum atomic E-state index is 12.2. The summed E-state index contributed by atoms with van der Waals surface area (Å²) in [6, 6.07) is 0. The predicted molar refractivity (Wildman–Crippen MR) is 66.3 cm³/mol. The molecule has 0 aliphatic carbocycles. The first-order chi connectivity index (χ1) is 8.33. The summed E-state index contributed by atoms with van der Waals surface area (Å²) in [6.07, 6.45) is 1.99. The molecule has 0 saturated carbocycles. The van der Waals surface area contributed by atoms with Crippen molar-refractivity contribution in [2.75, 3.05) is 6.54 Å². The Labute approximate surface area is 106 Å². The number of hydrogen-bond donors (Lipinski definition) is 0. The number of nitrogens with zero attached hydrogens (tertiary/aromatic N) is 2. The Bertz CT molecular complexity index is 452. The predicted octanol–water partition coefficient (Wildman–Crippen LogP) is 1.94. The molecule has 1 spiro atoms. The molecule has 18 heavy (non-hydrogen) atoms. The number of carbonyl (C=O) groups is 1. The van der Waals surface area contributed by atoms with Crippen LogP contribution in [0.25, 0.3) is 0 Å². The van der Waals surface area contributed by atoms with Crippen LogP contribution < -0.4 is 0 Å². The highest BCUT2D eigenvalue weighted by Gasteiger charge is 2.62. The van der Waals surface area contributed by atoms with Crippen molar-refractivity contribution in [3.8, 4) is 0 Å². The molecule has 1 unspecified atom stereocenters. The Balaban J connectivity index is 1.86. The average molecular weight is 250 g/mol. The summed E-state index contributed by atoms with van der Waals surface area (Å²) < 4.78 is 11.3. The second-order valence-corrected chi connectivity index (χ2v) is 6.05. The minimum absolute atomic E-state index is 0.160. The highest BCUT2D eigenvalue weighted by atomic mass is 16.6. The normalized spacial score (nSPS) is 37.3. The average Bonchev–Trinajstić information content (AvgIpc) is 2.86. The Hall–Kier alpha value is -1.36. The van der Waals surface area contributed by atoms with Crippen LogP contribution in [0.1, 0.15) is 27.2 Å². The molecule has 3 rings (SSSR count). The van der Waals surface area contributed by atoms with Crippen LogP contribution in [0.3, 0.4) is 0 Å². The van der Waals surface area contributed by atoms with Crippen molar-refractivity contribution in [2.45, 2.75) is 44.7 Å². The zero-order valence-electron chi connectivity index (χ0n) is 11.0. The van der Waals surface area contributed by atoms with E-state index in [4.69, 9.17) is 9.47 Å². The first-order valence-electron chi connectivity index (χ1n) is 6.25. The zero-order chi connectivity index (χ0) is 13.1. The molecule has 2 saturated heterocycles. The minimum Gasteiger partial charge on any atom is -0.444 e. The van der Waals surface area contributed by atoms with E-state index in [2.05, 4.69) is 11.6 Å². The summed E-state index contributed by atoms with van der Waals surface area (Å²) in [7, 11) is 0. The SMILES string of the molecule is C=C1C2CCN(C(=O)OC(C)(C)C)[C@]23C=N[C@H]1O3. The van der Waals surface area contributed by atoms with Gasteiger partial charge >= 0.3 is 6.09 Å². The number of ether oxygens (including phenoxy) is 2. The molecule has 3 aliphatic rings. The third-order valence-electron chi connectivity index (χ3n) is 3.64. The number of aliphatic imine (C=N–C) groups is 1. The highest BCUT2D eigenvalue weighted by molar-refractivity contribution is 5.82. The van der Waals surface area contributed by atoms with Gasteiger partial charge in [-0.05, 0) is 32.8 Å². The molecule has 2 bridgehead atoms. The summed E-state index contributed by atoms with van der Waals surface area (Å²) in [5.74, 6) is 0.160. The highest BCUT2D eigenvalue weighted by Crippen LogP contribution is 2.51. The quantitative estimate of drug-likeness (QED) is 0.617. The Morgan fingerprint density at radius 2 is 2.39 bits per heavy atom. The van der Waals surface area contributed by atoms with E-state index in [1.165, 1.54) is 0 Å². The van der Waals surface area contributed by atoms with Gasteiger partial charge in [-0.1, -0.05) is 6.58 Å². The second-order valence-electron chi connectivity index (χ2n) is 6.05. The number of fused-ring (bicyclic) bond motifs is 1. The largest absolute Gasteiger partial charge is 0.444 e. The van der Waals surface area contributed by atoms with Crippen LogP contribution in [0, 0.1) is 5.92 Å². The smallest absolute Gasteiger partial charge is 0.412 e. The maximum Gasteiger partial charge on any atom is 0.412 e. The maximum absolute atomic E-state index is 12.2. The second kappa shape index (κ2) is 3.35. The summed E-state index contributed by atoms with van der Waals surface area (Å²) in [5.41, 5.74) is -0.260. The third-order valence-corrected chi connectivity index (χ3v) is 3.64. The first-order valence-corrected chi connectivity index (χ1v) is 6.25. The molecule has 0 aromatic heterocycles. The van der Waals surface area contributed by atoms with Gasteiger partial charge in [-0.15, -0.1) is 0 Å². The van der Waals surface area contributed by atoms with Crippen molar-refractivity contribution in [1.82, 2.24) is 4.90 Å². The van der Waals surface area contributed by atoms with Crippen molar-refractivity contribution >= 4 is 12.3 Å². The molecule has 0 aromatic carbocycles. The minimum atomic E-state index is -0.732. The van der Waals surface area contributed by atoms with E-state index in [0.717, 1.165) is 12.0 Å². The Kier molecular flexibility index (Phi) is 2.18. The van der Waals surface area contributed by atoms with E-state index < -0.39 is 11.3 Å². The van der Waals surface area contributed by atoms with Gasteiger partial charge in [-0.3, -0.25) is 9.89 Å². The van der Waals surface area contributed by atoms with E-state index in [9.17, 15) is 4.79 Å². The molecule has 1 amide bonds. The third kappa shape index (κ3) is 1.43. The van der Waals surface area contributed by atoms with E-state index in [1.54, 1.807) is 11.1 Å². The van der Waals surface area contributed by atoms with Gasteiger partial charge in [0.2, 0.25) is 0 Å². The molecule has 5 heteroatoms. The van der Waals surface area contributed by atoms with Crippen LogP contribution in [-0.4, -0.2) is 41.3 Å². The van der Waals surface area contributed by atoms with Crippen molar-refractivity contribution in [3.05, 3.63) is 12.2 Å². The fourth-order valence-corrected chi connectivity index (χ4v) is 2.89. The van der Waals surface area contributed by atoms with Crippen molar-refractivity contribution < 1.29 is 14.3 Å². The van der Waals surface area contributed by atoms with Crippen LogP contribution in [0.2, 0.25) is 0 Å². The lowest BCUT2D eigenvalue weighted by molar-refractivity contribution is -0.0728. The van der Waals surface area contributed by atoms with E-state index in [-0.39, 0.29) is 18.2 Å². The summed E-state index contributed by atoms with van der Waals surface area (Å²) in [6.45, 7) is 10.2. The molecule has 0 aromatic rings. The lowest BCUT2D eigenvalue weighted by atomic mass is 9.90. The Morgan fingerprint density at radius 1 is 1.67 bits per heavy atom. The van der Waals surface area contributed by atoms with E-state index in [1.807, 2.05) is 20.8 Å². The number of amides is 1. The molecule has 98 valence electrons. The van der Waals surface area contributed by atoms with Crippen LogP contribution in [0.5, 0.6) is 0 Å². The lowest BCUT2D eigenvalue weighted by Gasteiger charge is -2.33. The lowest BCUT2D eigenvalue weighted by Crippen LogP contribution is -2.51. The van der Waals surface area contributed by atoms with Gasteiger partial charge in [0.05, 0.1) is 6.21 Å². The van der Waals surface area contributed by atoms with Gasteiger partial charge in [0, 0.05) is 12.5 Å². The molecule has 0 N–H and O–H groups in total. The monoisotopic (exact) mass is 250 g/mol. The number of rotatable bonds is 0. The van der Waals surface area contributed by atoms with Gasteiger partial charge in [-0.2, -0.15) is 0 Å². The summed E-state index contributed by atoms with van der Waals surface area (Å²) in [5, 5.41) is 0. The molecule has 3 aliphatic heterocycles. The van der Waals surface area contributed by atoms with Gasteiger partial charge in [0.25, 0.3) is 0 Å². The number of likely N-dealkylation sites (tertiary alicyclic amines) is 1. The number of carbonyl (C=O) groups excluding carboxylic acids is 1. The molecular weight excluding hydrogens is 232 g/mol. The molecular formula is C13H18N2O3. The van der Waals surface area contributed by atoms with E-state index in [0.29, 0.717) is 6.54 Å². The zero-order valence-corrected chi connectivity index (χ0v) is 11.0. The van der Waals surface area contributed by atoms with Gasteiger partial charge in [0.1, 0.15) is 5.60 Å². The van der Waals surface area contributed by atoms with Crippen molar-refractivity contribution in [3.63, 3.8) is 0 Å². The molecule has 3 heterocycles. The van der Waals surface area contributed by atoms with Crippen LogP contribution >= 0.6 is 0 Å². The summed E-state index contributed by atoms with van der Waals surface area (Å²) in [4.78, 5) is 18.1. The van der Waals surface area contributed by atoms with Crippen molar-refractivity contribution in [1.29, 1.82) is 0 Å². The van der Waals surface area contributed by atoms with Crippen LogP contribution in [0.15, 0.2) is 17.1 Å². The van der Waals surface area contributed by atoms with Crippen molar-refractivity contribution in [2.24, 2.45) is 10.9 Å². The topological polar surface area (TPSA) is 51.1 Å². The van der Waals surface area contributed by atoms with Crippen LogP contribution in [0.4, 0.5) is 4.79 Å².